The molecular weight excluding hydrogens is 224 g/mol. The summed E-state index contributed by atoms with van der Waals surface area (Å²) in [6.45, 7) is -1.18. The van der Waals surface area contributed by atoms with Gasteiger partial charge in [-0.2, -0.15) is 13.2 Å². The van der Waals surface area contributed by atoms with Crippen molar-refractivity contribution < 1.29 is 17.6 Å². The molecule has 1 aromatic carbocycles. The predicted octanol–water partition coefficient (Wildman–Crippen LogP) is 1.98. The van der Waals surface area contributed by atoms with Crippen LogP contribution in [-0.2, 0) is 0 Å². The fourth-order valence-corrected chi connectivity index (χ4v) is 1.30. The van der Waals surface area contributed by atoms with Gasteiger partial charge < -0.3 is 11.1 Å². The van der Waals surface area contributed by atoms with Crippen molar-refractivity contribution in [1.82, 2.24) is 5.32 Å². The van der Waals surface area contributed by atoms with Gasteiger partial charge in [0.05, 0.1) is 6.54 Å². The molecule has 90 valence electrons. The van der Waals surface area contributed by atoms with Gasteiger partial charge in [0.25, 0.3) is 0 Å². The summed E-state index contributed by atoms with van der Waals surface area (Å²) >= 11 is 0. The lowest BCUT2D eigenvalue weighted by Gasteiger charge is -2.18. The number of rotatable bonds is 4. The molecule has 1 rings (SSSR count). The summed E-state index contributed by atoms with van der Waals surface area (Å²) < 4.78 is 48.8. The van der Waals surface area contributed by atoms with Crippen LogP contribution in [0.25, 0.3) is 0 Å². The van der Waals surface area contributed by atoms with E-state index in [-0.39, 0.29) is 6.54 Å². The predicted molar refractivity (Wildman–Crippen MR) is 52.3 cm³/mol. The standard InChI is InChI=1S/C10H12F4N2/c11-8-3-1-2-7(4-8)9(5-15)16-6-10(12,13)14/h1-4,9,16H,5-6,15H2. The zero-order valence-corrected chi connectivity index (χ0v) is 8.39. The molecule has 0 aliphatic heterocycles. The van der Waals surface area contributed by atoms with Gasteiger partial charge in [0.1, 0.15) is 5.82 Å². The molecule has 0 radical (unpaired) electrons. The van der Waals surface area contributed by atoms with Crippen LogP contribution in [0.1, 0.15) is 11.6 Å². The molecule has 0 bridgehead atoms. The number of halogens is 4. The van der Waals surface area contributed by atoms with E-state index in [1.807, 2.05) is 0 Å². The van der Waals surface area contributed by atoms with E-state index in [0.29, 0.717) is 5.56 Å². The van der Waals surface area contributed by atoms with Gasteiger partial charge >= 0.3 is 6.18 Å². The van der Waals surface area contributed by atoms with Crippen molar-refractivity contribution in [1.29, 1.82) is 0 Å². The molecule has 16 heavy (non-hydrogen) atoms. The number of benzene rings is 1. The van der Waals surface area contributed by atoms with E-state index in [4.69, 9.17) is 5.73 Å². The van der Waals surface area contributed by atoms with Crippen LogP contribution < -0.4 is 11.1 Å². The quantitative estimate of drug-likeness (QED) is 0.784. The lowest BCUT2D eigenvalue weighted by Crippen LogP contribution is -2.35. The number of nitrogens with two attached hydrogens (primary N) is 1. The summed E-state index contributed by atoms with van der Waals surface area (Å²) in [5, 5.41) is 2.24. The van der Waals surface area contributed by atoms with Crippen LogP contribution in [0.2, 0.25) is 0 Å². The largest absolute Gasteiger partial charge is 0.401 e. The highest BCUT2D eigenvalue weighted by atomic mass is 19.4. The molecule has 2 nitrogen and oxygen atoms in total. The van der Waals surface area contributed by atoms with Gasteiger partial charge in [-0.15, -0.1) is 0 Å². The van der Waals surface area contributed by atoms with E-state index in [2.05, 4.69) is 5.32 Å². The van der Waals surface area contributed by atoms with Gasteiger partial charge in [-0.3, -0.25) is 0 Å². The maximum atomic E-state index is 12.8. The van der Waals surface area contributed by atoms with E-state index in [9.17, 15) is 17.6 Å². The maximum absolute atomic E-state index is 12.8. The molecule has 1 atom stereocenters. The highest BCUT2D eigenvalue weighted by molar-refractivity contribution is 5.20. The molecular formula is C10H12F4N2. The summed E-state index contributed by atoms with van der Waals surface area (Å²) in [5.41, 5.74) is 5.74. The van der Waals surface area contributed by atoms with Crippen LogP contribution in [0.4, 0.5) is 17.6 Å². The third-order valence-electron chi connectivity index (χ3n) is 2.04. The Morgan fingerprint density at radius 1 is 1.31 bits per heavy atom. The number of alkyl halides is 3. The van der Waals surface area contributed by atoms with Crippen molar-refractivity contribution in [2.24, 2.45) is 5.73 Å². The van der Waals surface area contributed by atoms with Crippen molar-refractivity contribution in [2.75, 3.05) is 13.1 Å². The average molecular weight is 236 g/mol. The Morgan fingerprint density at radius 3 is 2.50 bits per heavy atom. The molecule has 0 amide bonds. The van der Waals surface area contributed by atoms with Crippen LogP contribution in [0.5, 0.6) is 0 Å². The summed E-state index contributed by atoms with van der Waals surface area (Å²) in [6.07, 6.45) is -4.30. The smallest absolute Gasteiger partial charge is 0.329 e. The molecule has 3 N–H and O–H groups in total. The molecule has 0 saturated carbocycles. The summed E-state index contributed by atoms with van der Waals surface area (Å²) in [6, 6.07) is 4.66. The summed E-state index contributed by atoms with van der Waals surface area (Å²) in [5.74, 6) is -0.496. The molecule has 0 saturated heterocycles. The molecule has 0 spiro atoms. The zero-order chi connectivity index (χ0) is 12.2. The van der Waals surface area contributed by atoms with Gasteiger partial charge in [0.15, 0.2) is 0 Å². The SMILES string of the molecule is NCC(NCC(F)(F)F)c1cccc(F)c1. The van der Waals surface area contributed by atoms with Crippen LogP contribution >= 0.6 is 0 Å². The minimum absolute atomic E-state index is 0.0282. The zero-order valence-electron chi connectivity index (χ0n) is 8.39. The second-order valence-electron chi connectivity index (χ2n) is 3.34. The maximum Gasteiger partial charge on any atom is 0.401 e. The second kappa shape index (κ2) is 5.27. The van der Waals surface area contributed by atoms with E-state index in [1.165, 1.54) is 24.3 Å². The fourth-order valence-electron chi connectivity index (χ4n) is 1.30. The van der Waals surface area contributed by atoms with Gasteiger partial charge in [0.2, 0.25) is 0 Å². The Hall–Kier alpha value is -1.14. The molecule has 1 aromatic rings. The Kier molecular flexibility index (Phi) is 4.26. The second-order valence-corrected chi connectivity index (χ2v) is 3.34. The van der Waals surface area contributed by atoms with Crippen LogP contribution in [-0.4, -0.2) is 19.3 Å². The molecule has 0 fully saturated rings. The van der Waals surface area contributed by atoms with Crippen molar-refractivity contribution in [3.05, 3.63) is 35.6 Å². The van der Waals surface area contributed by atoms with Gasteiger partial charge in [0, 0.05) is 12.6 Å². The first-order valence-corrected chi connectivity index (χ1v) is 4.68. The van der Waals surface area contributed by atoms with Crippen LogP contribution in [0.3, 0.4) is 0 Å². The Balaban J connectivity index is 2.68. The third kappa shape index (κ3) is 4.16. The summed E-state index contributed by atoms with van der Waals surface area (Å²) in [7, 11) is 0. The summed E-state index contributed by atoms with van der Waals surface area (Å²) in [4.78, 5) is 0. The normalized spacial score (nSPS) is 13.8. The van der Waals surface area contributed by atoms with Gasteiger partial charge in [-0.1, -0.05) is 12.1 Å². The first kappa shape index (κ1) is 12.9. The van der Waals surface area contributed by atoms with Gasteiger partial charge in [-0.05, 0) is 17.7 Å². The van der Waals surface area contributed by atoms with E-state index >= 15 is 0 Å². The average Bonchev–Trinajstić information content (AvgIpc) is 2.17. The number of nitrogens with one attached hydrogen (secondary N) is 1. The van der Waals surface area contributed by atoms with Crippen LogP contribution in [0, 0.1) is 5.82 Å². The molecule has 6 heteroatoms. The van der Waals surface area contributed by atoms with Crippen molar-refractivity contribution >= 4 is 0 Å². The molecule has 0 aliphatic rings. The topological polar surface area (TPSA) is 38.0 Å². The molecule has 0 heterocycles. The highest BCUT2D eigenvalue weighted by Crippen LogP contribution is 2.17. The van der Waals surface area contributed by atoms with Gasteiger partial charge in [-0.25, -0.2) is 4.39 Å². The van der Waals surface area contributed by atoms with Crippen LogP contribution in [0.15, 0.2) is 24.3 Å². The minimum Gasteiger partial charge on any atom is -0.329 e. The number of hydrogen-bond acceptors (Lipinski definition) is 2. The first-order valence-electron chi connectivity index (χ1n) is 4.68. The molecule has 1 unspecified atom stereocenters. The Bertz CT molecular complexity index is 338. The van der Waals surface area contributed by atoms with Crippen molar-refractivity contribution in [3.63, 3.8) is 0 Å². The molecule has 0 aromatic heterocycles. The lowest BCUT2D eigenvalue weighted by atomic mass is 10.1. The van der Waals surface area contributed by atoms with E-state index < -0.39 is 24.6 Å². The third-order valence-corrected chi connectivity index (χ3v) is 2.04. The Morgan fingerprint density at radius 2 is 2.00 bits per heavy atom. The molecule has 0 aliphatic carbocycles. The van der Waals surface area contributed by atoms with Crippen molar-refractivity contribution in [2.45, 2.75) is 12.2 Å². The minimum atomic E-state index is -4.30. The van der Waals surface area contributed by atoms with E-state index in [0.717, 1.165) is 0 Å². The Labute approximate surface area is 90.4 Å². The fraction of sp³-hybridized carbons (Fsp3) is 0.400. The lowest BCUT2D eigenvalue weighted by molar-refractivity contribution is -0.126. The number of hydrogen-bond donors (Lipinski definition) is 2. The van der Waals surface area contributed by atoms with Crippen molar-refractivity contribution in [3.8, 4) is 0 Å². The van der Waals surface area contributed by atoms with E-state index in [1.54, 1.807) is 0 Å². The first-order chi connectivity index (χ1) is 7.42. The monoisotopic (exact) mass is 236 g/mol. The highest BCUT2D eigenvalue weighted by Gasteiger charge is 2.28.